The molecule has 27 heavy (non-hydrogen) atoms. The molecule has 0 radical (unpaired) electrons. The molecule has 0 aliphatic carbocycles. The second-order valence-electron chi connectivity index (χ2n) is 6.72. The summed E-state index contributed by atoms with van der Waals surface area (Å²) < 4.78 is 8.28. The van der Waals surface area contributed by atoms with Crippen molar-refractivity contribution in [1.82, 2.24) is 9.97 Å². The Kier molecular flexibility index (Phi) is 3.50. The van der Waals surface area contributed by atoms with Gasteiger partial charge in [-0.15, -0.1) is 0 Å². The predicted molar refractivity (Wildman–Crippen MR) is 106 cm³/mol. The average molecular weight is 352 g/mol. The highest BCUT2D eigenvalue weighted by Gasteiger charge is 2.21. The lowest BCUT2D eigenvalue weighted by atomic mass is 10.0. The zero-order valence-corrected chi connectivity index (χ0v) is 15.2. The molecule has 5 rings (SSSR count). The zero-order valence-electron chi connectivity index (χ0n) is 15.2. The molecule has 0 bridgehead atoms. The number of benzene rings is 1. The van der Waals surface area contributed by atoms with E-state index < -0.39 is 0 Å². The first-order valence-electron chi connectivity index (χ1n) is 8.90. The van der Waals surface area contributed by atoms with Crippen LogP contribution in [0, 0.1) is 6.92 Å². The molecule has 0 amide bonds. The number of fused-ring (bicyclic) bond motifs is 3. The number of pyridine rings is 3. The molecule has 0 aliphatic heterocycles. The van der Waals surface area contributed by atoms with E-state index in [0.717, 1.165) is 38.9 Å². The van der Waals surface area contributed by atoms with Crippen molar-refractivity contribution in [3.8, 4) is 22.5 Å². The average Bonchev–Trinajstić information content (AvgIpc) is 3.08. The van der Waals surface area contributed by atoms with Gasteiger partial charge in [0.05, 0.1) is 16.8 Å². The molecule has 0 N–H and O–H groups in total. The van der Waals surface area contributed by atoms with Crippen molar-refractivity contribution in [3.05, 3.63) is 78.8 Å². The quantitative estimate of drug-likeness (QED) is 0.427. The summed E-state index contributed by atoms with van der Waals surface area (Å²) in [6, 6.07) is 18.4. The van der Waals surface area contributed by atoms with Gasteiger partial charge in [0.1, 0.15) is 7.05 Å². The van der Waals surface area contributed by atoms with E-state index in [4.69, 9.17) is 4.42 Å². The maximum atomic E-state index is 6.15. The summed E-state index contributed by atoms with van der Waals surface area (Å²) in [4.78, 5) is 8.83. The van der Waals surface area contributed by atoms with Crippen LogP contribution in [0.25, 0.3) is 44.6 Å². The van der Waals surface area contributed by atoms with Crippen LogP contribution < -0.4 is 4.57 Å². The monoisotopic (exact) mass is 352 g/mol. The van der Waals surface area contributed by atoms with Gasteiger partial charge in [0.25, 0.3) is 0 Å². The maximum absolute atomic E-state index is 6.15. The summed E-state index contributed by atoms with van der Waals surface area (Å²) in [6.45, 7) is 2.11. The predicted octanol–water partition coefficient (Wildman–Crippen LogP) is 4.84. The topological polar surface area (TPSA) is 42.8 Å². The van der Waals surface area contributed by atoms with E-state index in [1.807, 2.05) is 30.5 Å². The molecule has 4 heterocycles. The van der Waals surface area contributed by atoms with Crippen LogP contribution in [0.1, 0.15) is 5.56 Å². The van der Waals surface area contributed by atoms with Gasteiger partial charge in [0, 0.05) is 29.2 Å². The first kappa shape index (κ1) is 15.7. The Morgan fingerprint density at radius 1 is 0.852 bits per heavy atom. The summed E-state index contributed by atoms with van der Waals surface area (Å²) in [5.41, 5.74) is 6.96. The Bertz CT molecular complexity index is 1290. The van der Waals surface area contributed by atoms with Gasteiger partial charge >= 0.3 is 0 Å². The Morgan fingerprint density at radius 3 is 2.56 bits per heavy atom. The van der Waals surface area contributed by atoms with Crippen molar-refractivity contribution in [2.75, 3.05) is 0 Å². The van der Waals surface area contributed by atoms with Gasteiger partial charge in [-0.1, -0.05) is 18.2 Å². The van der Waals surface area contributed by atoms with Crippen molar-refractivity contribution >= 4 is 22.1 Å². The molecule has 4 heteroatoms. The minimum Gasteiger partial charge on any atom is -0.437 e. The van der Waals surface area contributed by atoms with Crippen LogP contribution in [0.15, 0.2) is 77.6 Å². The normalized spacial score (nSPS) is 11.3. The smallest absolute Gasteiger partial charge is 0.227 e. The van der Waals surface area contributed by atoms with Gasteiger partial charge in [-0.25, -0.2) is 9.55 Å². The minimum absolute atomic E-state index is 0.673. The number of nitrogens with zero attached hydrogens (tertiary/aromatic N) is 3. The lowest BCUT2D eigenvalue weighted by Gasteiger charge is -2.07. The highest BCUT2D eigenvalue weighted by atomic mass is 16.3. The zero-order chi connectivity index (χ0) is 18.4. The van der Waals surface area contributed by atoms with Crippen molar-refractivity contribution in [1.29, 1.82) is 0 Å². The van der Waals surface area contributed by atoms with E-state index in [-0.39, 0.29) is 0 Å². The largest absolute Gasteiger partial charge is 0.437 e. The first-order chi connectivity index (χ1) is 13.2. The SMILES string of the molecule is Cc1ccc2c(oc3ncccc32)c1-c1ccc(-c2ccccn2)c[n+]1C. The summed E-state index contributed by atoms with van der Waals surface area (Å²) in [6.07, 6.45) is 5.69. The Morgan fingerprint density at radius 2 is 1.74 bits per heavy atom. The van der Waals surface area contributed by atoms with Crippen molar-refractivity contribution in [2.45, 2.75) is 6.92 Å². The molecule has 4 aromatic heterocycles. The van der Waals surface area contributed by atoms with Crippen LogP contribution in [0.2, 0.25) is 0 Å². The molecule has 0 atom stereocenters. The number of hydrogen-bond acceptors (Lipinski definition) is 3. The van der Waals surface area contributed by atoms with E-state index in [2.05, 4.69) is 65.0 Å². The maximum Gasteiger partial charge on any atom is 0.227 e. The number of furan rings is 1. The highest BCUT2D eigenvalue weighted by molar-refractivity contribution is 6.08. The molecule has 0 unspecified atom stereocenters. The molecule has 4 nitrogen and oxygen atoms in total. The molecule has 1 aromatic carbocycles. The van der Waals surface area contributed by atoms with Crippen LogP contribution in [-0.4, -0.2) is 9.97 Å². The van der Waals surface area contributed by atoms with Crippen LogP contribution >= 0.6 is 0 Å². The fraction of sp³-hybridized carbons (Fsp3) is 0.0870. The van der Waals surface area contributed by atoms with Crippen molar-refractivity contribution in [3.63, 3.8) is 0 Å². The van der Waals surface area contributed by atoms with Gasteiger partial charge in [0.15, 0.2) is 11.8 Å². The van der Waals surface area contributed by atoms with Crippen molar-refractivity contribution < 1.29 is 8.98 Å². The van der Waals surface area contributed by atoms with Gasteiger partial charge in [0.2, 0.25) is 11.4 Å². The lowest BCUT2D eigenvalue weighted by molar-refractivity contribution is -0.659. The van der Waals surface area contributed by atoms with E-state index in [1.54, 1.807) is 6.20 Å². The Labute approximate surface area is 156 Å². The van der Waals surface area contributed by atoms with E-state index in [1.165, 1.54) is 5.56 Å². The third kappa shape index (κ3) is 2.49. The van der Waals surface area contributed by atoms with Gasteiger partial charge in [-0.3, -0.25) is 4.98 Å². The number of hydrogen-bond donors (Lipinski definition) is 0. The molecule has 0 saturated carbocycles. The number of rotatable bonds is 2. The molecule has 0 saturated heterocycles. The number of aromatic nitrogens is 3. The summed E-state index contributed by atoms with van der Waals surface area (Å²) in [7, 11) is 2.06. The molecule has 0 fully saturated rings. The molecule has 0 spiro atoms. The second-order valence-corrected chi connectivity index (χ2v) is 6.72. The van der Waals surface area contributed by atoms with Crippen LogP contribution in [0.5, 0.6) is 0 Å². The summed E-state index contributed by atoms with van der Waals surface area (Å²) in [5, 5.41) is 2.13. The highest BCUT2D eigenvalue weighted by Crippen LogP contribution is 2.36. The molecular weight excluding hydrogens is 334 g/mol. The Hall–Kier alpha value is -3.53. The third-order valence-corrected chi connectivity index (χ3v) is 4.98. The Balaban J connectivity index is 1.75. The standard InChI is InChI=1S/C23H18N3O/c1-15-8-10-17-18-6-5-13-25-23(18)27-22(17)21(15)20-11-9-16(14-26(20)2)19-7-3-4-12-24-19/h3-14H,1-2H3/q+1. The number of aryl methyl sites for hydroxylation is 2. The van der Waals surface area contributed by atoms with E-state index in [0.29, 0.717) is 5.71 Å². The van der Waals surface area contributed by atoms with Gasteiger partial charge in [-0.2, -0.15) is 0 Å². The van der Waals surface area contributed by atoms with Crippen LogP contribution in [-0.2, 0) is 7.05 Å². The fourth-order valence-corrected chi connectivity index (χ4v) is 3.64. The molecule has 130 valence electrons. The fourth-order valence-electron chi connectivity index (χ4n) is 3.64. The van der Waals surface area contributed by atoms with Crippen LogP contribution in [0.4, 0.5) is 0 Å². The van der Waals surface area contributed by atoms with E-state index in [9.17, 15) is 0 Å². The summed E-state index contributed by atoms with van der Waals surface area (Å²) >= 11 is 0. The second kappa shape index (κ2) is 6.02. The molecule has 5 aromatic rings. The summed E-state index contributed by atoms with van der Waals surface area (Å²) in [5.74, 6) is 0. The third-order valence-electron chi connectivity index (χ3n) is 4.98. The molecular formula is C23H18N3O+. The van der Waals surface area contributed by atoms with E-state index >= 15 is 0 Å². The van der Waals surface area contributed by atoms with Gasteiger partial charge in [-0.05, 0) is 42.8 Å². The first-order valence-corrected chi connectivity index (χ1v) is 8.90. The minimum atomic E-state index is 0.673. The van der Waals surface area contributed by atoms with Crippen LogP contribution in [0.3, 0.4) is 0 Å². The van der Waals surface area contributed by atoms with Crippen molar-refractivity contribution in [2.24, 2.45) is 7.05 Å². The van der Waals surface area contributed by atoms with Gasteiger partial charge < -0.3 is 4.42 Å². The molecule has 0 aliphatic rings. The lowest BCUT2D eigenvalue weighted by Crippen LogP contribution is -2.31.